The van der Waals surface area contributed by atoms with Gasteiger partial charge < -0.3 is 10.1 Å². The predicted molar refractivity (Wildman–Crippen MR) is 84.5 cm³/mol. The number of hydrogen-bond acceptors (Lipinski definition) is 2. The highest BCUT2D eigenvalue weighted by molar-refractivity contribution is 5.43. The smallest absolute Gasteiger partial charge is 0.118 e. The first-order chi connectivity index (χ1) is 9.56. The molecule has 0 saturated heterocycles. The van der Waals surface area contributed by atoms with Crippen LogP contribution < -0.4 is 10.1 Å². The third kappa shape index (κ3) is 2.86. The van der Waals surface area contributed by atoms with Crippen molar-refractivity contribution in [1.29, 1.82) is 0 Å². The molecular weight excluding hydrogens is 246 g/mol. The minimum Gasteiger partial charge on any atom is -0.497 e. The number of rotatable bonds is 4. The molecule has 0 aliphatic heterocycles. The minimum absolute atomic E-state index is 0.209. The lowest BCUT2D eigenvalue weighted by atomic mass is 9.92. The van der Waals surface area contributed by atoms with Crippen LogP contribution in [0.3, 0.4) is 0 Å². The second-order valence-electron chi connectivity index (χ2n) is 5.29. The maximum absolute atomic E-state index is 5.23. The van der Waals surface area contributed by atoms with E-state index >= 15 is 0 Å². The number of methoxy groups -OCH3 is 1. The van der Waals surface area contributed by atoms with Gasteiger partial charge in [-0.3, -0.25) is 0 Å². The van der Waals surface area contributed by atoms with E-state index in [2.05, 4.69) is 50.4 Å². The number of hydrogen-bond donors (Lipinski definition) is 1. The van der Waals surface area contributed by atoms with Crippen molar-refractivity contribution in [2.24, 2.45) is 0 Å². The fourth-order valence-corrected chi connectivity index (χ4v) is 2.59. The largest absolute Gasteiger partial charge is 0.497 e. The van der Waals surface area contributed by atoms with Crippen LogP contribution >= 0.6 is 0 Å². The molecule has 1 atom stereocenters. The summed E-state index contributed by atoms with van der Waals surface area (Å²) >= 11 is 0. The molecule has 0 heterocycles. The van der Waals surface area contributed by atoms with E-state index in [1.807, 2.05) is 19.2 Å². The van der Waals surface area contributed by atoms with Crippen LogP contribution in [0.5, 0.6) is 5.75 Å². The average Bonchev–Trinajstić information content (AvgIpc) is 2.46. The molecule has 0 saturated carbocycles. The van der Waals surface area contributed by atoms with Crippen LogP contribution in [0.4, 0.5) is 0 Å². The number of nitrogens with one attached hydrogen (secondary N) is 1. The first kappa shape index (κ1) is 14.6. The van der Waals surface area contributed by atoms with E-state index in [-0.39, 0.29) is 6.04 Å². The topological polar surface area (TPSA) is 21.3 Å². The van der Waals surface area contributed by atoms with Crippen molar-refractivity contribution in [3.05, 3.63) is 64.2 Å². The van der Waals surface area contributed by atoms with Crippen molar-refractivity contribution in [2.45, 2.75) is 26.8 Å². The maximum Gasteiger partial charge on any atom is 0.118 e. The standard InChI is InChI=1S/C18H23NO/c1-12-10-14(3)17(11-13(12)2)18(19-4)15-6-8-16(20-5)9-7-15/h6-11,18-19H,1-5H3. The fraction of sp³-hybridized carbons (Fsp3) is 0.333. The first-order valence-corrected chi connectivity index (χ1v) is 6.95. The molecule has 0 radical (unpaired) electrons. The summed E-state index contributed by atoms with van der Waals surface area (Å²) < 4.78 is 5.23. The van der Waals surface area contributed by atoms with Crippen molar-refractivity contribution >= 4 is 0 Å². The molecular formula is C18H23NO. The molecule has 106 valence electrons. The van der Waals surface area contributed by atoms with E-state index in [1.165, 1.54) is 27.8 Å². The molecule has 0 fully saturated rings. The Labute approximate surface area is 121 Å². The Morgan fingerprint density at radius 3 is 2.05 bits per heavy atom. The van der Waals surface area contributed by atoms with Crippen LogP contribution in [-0.2, 0) is 0 Å². The lowest BCUT2D eigenvalue weighted by Crippen LogP contribution is -2.19. The van der Waals surface area contributed by atoms with Gasteiger partial charge >= 0.3 is 0 Å². The Morgan fingerprint density at radius 1 is 0.900 bits per heavy atom. The van der Waals surface area contributed by atoms with Gasteiger partial charge in [-0.2, -0.15) is 0 Å². The van der Waals surface area contributed by atoms with Crippen LogP contribution in [0.25, 0.3) is 0 Å². The highest BCUT2D eigenvalue weighted by atomic mass is 16.5. The lowest BCUT2D eigenvalue weighted by molar-refractivity contribution is 0.414. The molecule has 2 aromatic rings. The molecule has 2 heteroatoms. The Balaban J connectivity index is 2.43. The van der Waals surface area contributed by atoms with Gasteiger partial charge in [-0.15, -0.1) is 0 Å². The molecule has 0 aromatic heterocycles. The first-order valence-electron chi connectivity index (χ1n) is 6.95. The second kappa shape index (κ2) is 6.10. The molecule has 1 N–H and O–H groups in total. The maximum atomic E-state index is 5.23. The molecule has 1 unspecified atom stereocenters. The molecule has 0 aliphatic carbocycles. The minimum atomic E-state index is 0.209. The van der Waals surface area contributed by atoms with Gasteiger partial charge in [0.05, 0.1) is 13.2 Å². The molecule has 0 bridgehead atoms. The number of aryl methyl sites for hydroxylation is 3. The van der Waals surface area contributed by atoms with E-state index in [9.17, 15) is 0 Å². The van der Waals surface area contributed by atoms with Crippen molar-refractivity contribution in [2.75, 3.05) is 14.2 Å². The summed E-state index contributed by atoms with van der Waals surface area (Å²) in [5.74, 6) is 0.889. The predicted octanol–water partition coefficient (Wildman–Crippen LogP) is 3.93. The molecule has 2 aromatic carbocycles. The summed E-state index contributed by atoms with van der Waals surface area (Å²) in [6, 6.07) is 13.0. The van der Waals surface area contributed by atoms with Gasteiger partial charge in [0, 0.05) is 0 Å². The average molecular weight is 269 g/mol. The van der Waals surface area contributed by atoms with E-state index < -0.39 is 0 Å². The summed E-state index contributed by atoms with van der Waals surface area (Å²) in [5.41, 5.74) is 6.58. The third-order valence-corrected chi connectivity index (χ3v) is 3.93. The molecule has 0 aliphatic rings. The van der Waals surface area contributed by atoms with E-state index in [1.54, 1.807) is 7.11 Å². The van der Waals surface area contributed by atoms with Crippen LogP contribution in [0, 0.1) is 20.8 Å². The Hall–Kier alpha value is -1.80. The van der Waals surface area contributed by atoms with Gasteiger partial charge in [-0.25, -0.2) is 0 Å². The van der Waals surface area contributed by atoms with Crippen molar-refractivity contribution < 1.29 is 4.74 Å². The van der Waals surface area contributed by atoms with Crippen molar-refractivity contribution in [3.63, 3.8) is 0 Å². The molecule has 0 spiro atoms. The van der Waals surface area contributed by atoms with Crippen LogP contribution in [-0.4, -0.2) is 14.2 Å². The summed E-state index contributed by atoms with van der Waals surface area (Å²) in [6.45, 7) is 6.50. The zero-order chi connectivity index (χ0) is 14.7. The Bertz CT molecular complexity index is 587. The quantitative estimate of drug-likeness (QED) is 0.908. The van der Waals surface area contributed by atoms with Gasteiger partial charge in [0.2, 0.25) is 0 Å². The van der Waals surface area contributed by atoms with E-state index in [0.717, 1.165) is 5.75 Å². The number of benzene rings is 2. The SMILES string of the molecule is CNC(c1ccc(OC)cc1)c1cc(C)c(C)cc1C. The van der Waals surface area contributed by atoms with E-state index in [0.29, 0.717) is 0 Å². The summed E-state index contributed by atoms with van der Waals surface area (Å²) in [7, 11) is 3.70. The Kier molecular flexibility index (Phi) is 4.46. The van der Waals surface area contributed by atoms with Crippen molar-refractivity contribution in [1.82, 2.24) is 5.32 Å². The fourth-order valence-electron chi connectivity index (χ4n) is 2.59. The third-order valence-electron chi connectivity index (χ3n) is 3.93. The highest BCUT2D eigenvalue weighted by Crippen LogP contribution is 2.28. The lowest BCUT2D eigenvalue weighted by Gasteiger charge is -2.21. The monoisotopic (exact) mass is 269 g/mol. The van der Waals surface area contributed by atoms with Crippen LogP contribution in [0.15, 0.2) is 36.4 Å². The zero-order valence-electron chi connectivity index (χ0n) is 12.9. The van der Waals surface area contributed by atoms with Gasteiger partial charge in [-0.05, 0) is 67.8 Å². The summed E-state index contributed by atoms with van der Waals surface area (Å²) in [5, 5.41) is 3.42. The summed E-state index contributed by atoms with van der Waals surface area (Å²) in [6.07, 6.45) is 0. The van der Waals surface area contributed by atoms with Crippen LogP contribution in [0.2, 0.25) is 0 Å². The summed E-state index contributed by atoms with van der Waals surface area (Å²) in [4.78, 5) is 0. The van der Waals surface area contributed by atoms with Gasteiger partial charge in [0.25, 0.3) is 0 Å². The molecule has 20 heavy (non-hydrogen) atoms. The van der Waals surface area contributed by atoms with Gasteiger partial charge in [0.15, 0.2) is 0 Å². The van der Waals surface area contributed by atoms with Crippen molar-refractivity contribution in [3.8, 4) is 5.75 Å². The zero-order valence-corrected chi connectivity index (χ0v) is 12.9. The second-order valence-corrected chi connectivity index (χ2v) is 5.29. The van der Waals surface area contributed by atoms with E-state index in [4.69, 9.17) is 4.74 Å². The van der Waals surface area contributed by atoms with Gasteiger partial charge in [-0.1, -0.05) is 24.3 Å². The normalized spacial score (nSPS) is 12.2. The molecule has 0 amide bonds. The molecule has 2 nitrogen and oxygen atoms in total. The Morgan fingerprint density at radius 2 is 1.50 bits per heavy atom. The van der Waals surface area contributed by atoms with Crippen LogP contribution in [0.1, 0.15) is 33.9 Å². The number of ether oxygens (including phenoxy) is 1. The highest BCUT2D eigenvalue weighted by Gasteiger charge is 2.15. The molecule has 2 rings (SSSR count). The van der Waals surface area contributed by atoms with Gasteiger partial charge in [0.1, 0.15) is 5.75 Å².